The van der Waals surface area contributed by atoms with E-state index in [1.165, 1.54) is 12.1 Å². The van der Waals surface area contributed by atoms with Gasteiger partial charge in [-0.3, -0.25) is 10.5 Å². The molecule has 2 rings (SSSR count). The van der Waals surface area contributed by atoms with Crippen LogP contribution in [0.25, 0.3) is 0 Å². The van der Waals surface area contributed by atoms with Gasteiger partial charge in [0.15, 0.2) is 0 Å². The predicted molar refractivity (Wildman–Crippen MR) is 68.2 cm³/mol. The summed E-state index contributed by atoms with van der Waals surface area (Å²) in [6.07, 6.45) is 0. The second kappa shape index (κ2) is 5.46. The first-order chi connectivity index (χ1) is 9.05. The number of hydrogen-bond donors (Lipinski definition) is 2. The average molecular weight is 266 g/mol. The Balaban J connectivity index is 2.49. The molecule has 3 N–H and O–H groups in total. The van der Waals surface area contributed by atoms with Gasteiger partial charge in [-0.05, 0) is 37.6 Å². The van der Waals surface area contributed by atoms with Gasteiger partial charge in [0.05, 0.1) is 17.4 Å². The van der Waals surface area contributed by atoms with E-state index in [9.17, 15) is 8.78 Å². The van der Waals surface area contributed by atoms with Crippen LogP contribution in [0, 0.1) is 18.6 Å². The Morgan fingerprint density at radius 3 is 2.42 bits per heavy atom. The van der Waals surface area contributed by atoms with Crippen LogP contribution in [-0.4, -0.2) is 9.78 Å². The summed E-state index contributed by atoms with van der Waals surface area (Å²) in [5, 5.41) is 4.30. The summed E-state index contributed by atoms with van der Waals surface area (Å²) >= 11 is 0. The van der Waals surface area contributed by atoms with Gasteiger partial charge in [0.25, 0.3) is 0 Å². The third-order valence-corrected chi connectivity index (χ3v) is 2.91. The fourth-order valence-corrected chi connectivity index (χ4v) is 2.15. The highest BCUT2D eigenvalue weighted by Gasteiger charge is 2.19. The molecule has 1 unspecified atom stereocenters. The molecule has 0 amide bonds. The van der Waals surface area contributed by atoms with E-state index in [2.05, 4.69) is 10.5 Å². The number of rotatable bonds is 4. The number of hydrazine groups is 1. The Morgan fingerprint density at radius 1 is 1.26 bits per heavy atom. The lowest BCUT2D eigenvalue weighted by Gasteiger charge is -2.17. The monoisotopic (exact) mass is 266 g/mol. The standard InChI is InChI=1S/C13H16F2N4/c1-3-19-12(4-8(2)18-19)13(17-16)9-5-10(14)7-11(15)6-9/h4-7,13,17H,3,16H2,1-2H3. The molecule has 0 radical (unpaired) electrons. The van der Waals surface area contributed by atoms with E-state index in [4.69, 9.17) is 5.84 Å². The molecule has 0 bridgehead atoms. The highest BCUT2D eigenvalue weighted by molar-refractivity contribution is 5.29. The molecule has 2 aromatic rings. The molecule has 0 aliphatic heterocycles. The largest absolute Gasteiger partial charge is 0.271 e. The molecular formula is C13H16F2N4. The average Bonchev–Trinajstić information content (AvgIpc) is 2.70. The Kier molecular flexibility index (Phi) is 3.92. The zero-order valence-electron chi connectivity index (χ0n) is 10.8. The Hall–Kier alpha value is -1.79. The van der Waals surface area contributed by atoms with E-state index >= 15 is 0 Å². The van der Waals surface area contributed by atoms with Crippen molar-refractivity contribution in [3.05, 3.63) is 52.9 Å². The normalized spacial score (nSPS) is 12.7. The number of aryl methyl sites for hydroxylation is 2. The molecule has 6 heteroatoms. The van der Waals surface area contributed by atoms with E-state index in [1.807, 2.05) is 19.9 Å². The van der Waals surface area contributed by atoms with Gasteiger partial charge in [-0.1, -0.05) is 0 Å². The van der Waals surface area contributed by atoms with Crippen LogP contribution in [0.3, 0.4) is 0 Å². The van der Waals surface area contributed by atoms with Crippen molar-refractivity contribution in [1.82, 2.24) is 15.2 Å². The van der Waals surface area contributed by atoms with Gasteiger partial charge in [0.1, 0.15) is 11.6 Å². The van der Waals surface area contributed by atoms with Crippen molar-refractivity contribution >= 4 is 0 Å². The van der Waals surface area contributed by atoms with E-state index < -0.39 is 17.7 Å². The van der Waals surface area contributed by atoms with Crippen LogP contribution in [-0.2, 0) is 6.54 Å². The van der Waals surface area contributed by atoms with E-state index in [0.29, 0.717) is 12.1 Å². The molecule has 1 aromatic heterocycles. The molecule has 4 nitrogen and oxygen atoms in total. The lowest BCUT2D eigenvalue weighted by molar-refractivity contribution is 0.529. The fourth-order valence-electron chi connectivity index (χ4n) is 2.15. The summed E-state index contributed by atoms with van der Waals surface area (Å²) in [5.41, 5.74) is 4.61. The maximum Gasteiger partial charge on any atom is 0.126 e. The van der Waals surface area contributed by atoms with Crippen molar-refractivity contribution in [2.45, 2.75) is 26.4 Å². The first-order valence-electron chi connectivity index (χ1n) is 6.01. The number of nitrogens with two attached hydrogens (primary N) is 1. The predicted octanol–water partition coefficient (Wildman–Crippen LogP) is 2.04. The summed E-state index contributed by atoms with van der Waals surface area (Å²) in [6, 6.07) is 4.69. The topological polar surface area (TPSA) is 55.9 Å². The second-order valence-electron chi connectivity index (χ2n) is 4.33. The molecule has 0 saturated carbocycles. The van der Waals surface area contributed by atoms with Crippen molar-refractivity contribution in [1.29, 1.82) is 0 Å². The van der Waals surface area contributed by atoms with Crippen molar-refractivity contribution in [3.8, 4) is 0 Å². The highest BCUT2D eigenvalue weighted by Crippen LogP contribution is 2.23. The second-order valence-corrected chi connectivity index (χ2v) is 4.33. The SMILES string of the molecule is CCn1nc(C)cc1C(NN)c1cc(F)cc(F)c1. The van der Waals surface area contributed by atoms with Crippen molar-refractivity contribution in [2.75, 3.05) is 0 Å². The van der Waals surface area contributed by atoms with Crippen LogP contribution in [0.2, 0.25) is 0 Å². The molecule has 19 heavy (non-hydrogen) atoms. The summed E-state index contributed by atoms with van der Waals surface area (Å²) in [5.74, 6) is 4.27. The number of nitrogens with zero attached hydrogens (tertiary/aromatic N) is 2. The molecule has 0 aliphatic rings. The van der Waals surface area contributed by atoms with Crippen LogP contribution in [0.4, 0.5) is 8.78 Å². The first kappa shape index (κ1) is 13.6. The van der Waals surface area contributed by atoms with Gasteiger partial charge < -0.3 is 0 Å². The lowest BCUT2D eigenvalue weighted by Crippen LogP contribution is -2.30. The molecule has 0 fully saturated rings. The molecule has 102 valence electrons. The van der Waals surface area contributed by atoms with Gasteiger partial charge in [0.2, 0.25) is 0 Å². The summed E-state index contributed by atoms with van der Waals surface area (Å²) in [7, 11) is 0. The quantitative estimate of drug-likeness (QED) is 0.657. The van der Waals surface area contributed by atoms with Crippen molar-refractivity contribution < 1.29 is 8.78 Å². The van der Waals surface area contributed by atoms with E-state index in [-0.39, 0.29) is 0 Å². The first-order valence-corrected chi connectivity index (χ1v) is 6.01. The maximum absolute atomic E-state index is 13.3. The number of aromatic nitrogens is 2. The van der Waals surface area contributed by atoms with Crippen LogP contribution >= 0.6 is 0 Å². The lowest BCUT2D eigenvalue weighted by atomic mass is 10.0. The minimum atomic E-state index is -0.630. The Morgan fingerprint density at radius 2 is 1.89 bits per heavy atom. The minimum absolute atomic E-state index is 0.426. The fraction of sp³-hybridized carbons (Fsp3) is 0.308. The van der Waals surface area contributed by atoms with E-state index in [1.54, 1.807) is 4.68 Å². The summed E-state index contributed by atoms with van der Waals surface area (Å²) in [6.45, 7) is 4.45. The summed E-state index contributed by atoms with van der Waals surface area (Å²) < 4.78 is 28.3. The zero-order valence-corrected chi connectivity index (χ0v) is 10.8. The summed E-state index contributed by atoms with van der Waals surface area (Å²) in [4.78, 5) is 0. The number of hydrogen-bond acceptors (Lipinski definition) is 3. The van der Waals surface area contributed by atoms with Gasteiger partial charge in [-0.15, -0.1) is 0 Å². The van der Waals surface area contributed by atoms with Gasteiger partial charge in [-0.25, -0.2) is 14.2 Å². The molecule has 0 aliphatic carbocycles. The number of benzene rings is 1. The highest BCUT2D eigenvalue weighted by atomic mass is 19.1. The Bertz CT molecular complexity index is 560. The van der Waals surface area contributed by atoms with Crippen molar-refractivity contribution in [2.24, 2.45) is 5.84 Å². The molecule has 0 spiro atoms. The molecule has 0 saturated heterocycles. The molecule has 1 heterocycles. The van der Waals surface area contributed by atoms with Gasteiger partial charge >= 0.3 is 0 Å². The van der Waals surface area contributed by atoms with Gasteiger partial charge in [-0.2, -0.15) is 5.10 Å². The number of nitrogens with one attached hydrogen (secondary N) is 1. The van der Waals surface area contributed by atoms with Crippen LogP contribution in [0.15, 0.2) is 24.3 Å². The maximum atomic E-state index is 13.3. The van der Waals surface area contributed by atoms with Crippen LogP contribution in [0.1, 0.15) is 29.9 Å². The Labute approximate surface area is 110 Å². The molecular weight excluding hydrogens is 250 g/mol. The van der Waals surface area contributed by atoms with E-state index in [0.717, 1.165) is 17.5 Å². The minimum Gasteiger partial charge on any atom is -0.271 e. The van der Waals surface area contributed by atoms with Gasteiger partial charge in [0, 0.05) is 12.6 Å². The van der Waals surface area contributed by atoms with Crippen molar-refractivity contribution in [3.63, 3.8) is 0 Å². The van der Waals surface area contributed by atoms with Crippen LogP contribution < -0.4 is 11.3 Å². The van der Waals surface area contributed by atoms with Crippen LogP contribution in [0.5, 0.6) is 0 Å². The third kappa shape index (κ3) is 2.80. The molecule has 1 aromatic carbocycles. The third-order valence-electron chi connectivity index (χ3n) is 2.91. The number of halogens is 2. The zero-order chi connectivity index (χ0) is 14.0. The molecule has 1 atom stereocenters. The smallest absolute Gasteiger partial charge is 0.126 e.